The Bertz CT molecular complexity index is 259. The molecule has 0 radical (unpaired) electrons. The molecule has 15 heavy (non-hydrogen) atoms. The summed E-state index contributed by atoms with van der Waals surface area (Å²) in [5, 5.41) is 0. The van der Waals surface area contributed by atoms with Gasteiger partial charge >= 0.3 is 10.3 Å². The summed E-state index contributed by atoms with van der Waals surface area (Å²) in [5.74, 6) is 0. The van der Waals surface area contributed by atoms with Gasteiger partial charge in [0.25, 0.3) is 0 Å². The van der Waals surface area contributed by atoms with Crippen LogP contribution in [-0.4, -0.2) is 28.8 Å². The lowest BCUT2D eigenvalue weighted by Crippen LogP contribution is -2.35. The number of rotatable bonds is 8. The highest BCUT2D eigenvalue weighted by molar-refractivity contribution is 7.83. The third kappa shape index (κ3) is 6.58. The lowest BCUT2D eigenvalue weighted by molar-refractivity contribution is 0.350. The lowest BCUT2D eigenvalue weighted by Gasteiger charge is -2.20. The zero-order chi connectivity index (χ0) is 11.9. The number of alkyl halides is 2. The average Bonchev–Trinajstić information content (AvgIpc) is 2.11. The molecule has 1 atom stereocenters. The van der Waals surface area contributed by atoms with Crippen molar-refractivity contribution in [3.8, 4) is 0 Å². The fourth-order valence-electron chi connectivity index (χ4n) is 1.16. The first kappa shape index (κ1) is 15.4. The normalized spacial score (nSPS) is 14.5. The predicted molar refractivity (Wildman–Crippen MR) is 62.5 cm³/mol. The maximum absolute atomic E-state index is 10.8. The van der Waals surface area contributed by atoms with Crippen molar-refractivity contribution in [2.24, 2.45) is 0 Å². The monoisotopic (exact) mass is 277 g/mol. The standard InChI is InChI=1S/C8H17Cl2NO3S/c1-2-3-4-5-6-8(10)11(7-9)15(12,13)14/h8H,2-7H2,1H3,(H,12,13,14). The highest BCUT2D eigenvalue weighted by atomic mass is 35.5. The van der Waals surface area contributed by atoms with Gasteiger partial charge in [0.2, 0.25) is 0 Å². The van der Waals surface area contributed by atoms with Gasteiger partial charge < -0.3 is 0 Å². The molecule has 0 rings (SSSR count). The number of nitrogens with zero attached hydrogens (tertiary/aromatic N) is 1. The molecule has 1 unspecified atom stereocenters. The molecule has 0 aliphatic rings. The van der Waals surface area contributed by atoms with Gasteiger partial charge in [-0.25, -0.2) is 0 Å². The van der Waals surface area contributed by atoms with E-state index < -0.39 is 15.8 Å². The van der Waals surface area contributed by atoms with Crippen LogP contribution < -0.4 is 0 Å². The summed E-state index contributed by atoms with van der Waals surface area (Å²) in [6, 6.07) is -0.333. The Hall–Kier alpha value is 0.450. The highest BCUT2D eigenvalue weighted by Gasteiger charge is 2.25. The molecule has 0 amide bonds. The van der Waals surface area contributed by atoms with Gasteiger partial charge in [-0.1, -0.05) is 32.6 Å². The minimum Gasteiger partial charge on any atom is -0.273 e. The van der Waals surface area contributed by atoms with Crippen LogP contribution in [0.1, 0.15) is 39.0 Å². The molecular weight excluding hydrogens is 261 g/mol. The summed E-state index contributed by atoms with van der Waals surface area (Å²) in [6.07, 6.45) is 4.52. The molecule has 0 aromatic heterocycles. The fourth-order valence-corrected chi connectivity index (χ4v) is 2.82. The minimum absolute atomic E-state index is 0.333. The van der Waals surface area contributed by atoms with E-state index in [0.29, 0.717) is 10.7 Å². The van der Waals surface area contributed by atoms with Crippen LogP contribution in [0.15, 0.2) is 0 Å². The molecule has 0 heterocycles. The van der Waals surface area contributed by atoms with Crippen LogP contribution in [0.2, 0.25) is 0 Å². The van der Waals surface area contributed by atoms with Gasteiger partial charge in [-0.15, -0.1) is 27.5 Å². The van der Waals surface area contributed by atoms with E-state index in [2.05, 4.69) is 6.92 Å². The minimum atomic E-state index is -4.29. The smallest absolute Gasteiger partial charge is 0.273 e. The molecule has 1 N–H and O–H groups in total. The Morgan fingerprint density at radius 1 is 1.33 bits per heavy atom. The van der Waals surface area contributed by atoms with Gasteiger partial charge in [-0.3, -0.25) is 4.55 Å². The third-order valence-corrected chi connectivity index (χ3v) is 3.97. The van der Waals surface area contributed by atoms with Crippen molar-refractivity contribution in [1.82, 2.24) is 4.31 Å². The molecule has 0 aliphatic heterocycles. The van der Waals surface area contributed by atoms with Crippen molar-refractivity contribution in [1.29, 1.82) is 0 Å². The Labute approximate surface area is 101 Å². The summed E-state index contributed by atoms with van der Waals surface area (Å²) in [6.45, 7) is 2.08. The van der Waals surface area contributed by atoms with E-state index in [4.69, 9.17) is 27.8 Å². The molecule has 4 nitrogen and oxygen atoms in total. The van der Waals surface area contributed by atoms with Crippen molar-refractivity contribution >= 4 is 33.5 Å². The van der Waals surface area contributed by atoms with Crippen molar-refractivity contribution in [2.75, 3.05) is 6.00 Å². The Morgan fingerprint density at radius 2 is 1.93 bits per heavy atom. The first-order valence-electron chi connectivity index (χ1n) is 4.87. The molecule has 0 saturated carbocycles. The summed E-state index contributed by atoms with van der Waals surface area (Å²) in [5.41, 5.74) is -0.769. The largest absolute Gasteiger partial charge is 0.338 e. The van der Waals surface area contributed by atoms with Gasteiger partial charge in [-0.05, 0) is 6.42 Å². The van der Waals surface area contributed by atoms with Crippen LogP contribution in [0.5, 0.6) is 0 Å². The second-order valence-electron chi connectivity index (χ2n) is 3.27. The maximum atomic E-state index is 10.8. The third-order valence-electron chi connectivity index (χ3n) is 2.02. The molecule has 0 aromatic rings. The van der Waals surface area contributed by atoms with Gasteiger partial charge in [0.05, 0.1) is 6.00 Å². The zero-order valence-electron chi connectivity index (χ0n) is 8.70. The lowest BCUT2D eigenvalue weighted by atomic mass is 10.1. The van der Waals surface area contributed by atoms with Crippen LogP contribution in [0.3, 0.4) is 0 Å². The van der Waals surface area contributed by atoms with Crippen LogP contribution in [0.25, 0.3) is 0 Å². The number of halogens is 2. The zero-order valence-corrected chi connectivity index (χ0v) is 11.0. The summed E-state index contributed by atoms with van der Waals surface area (Å²) in [7, 11) is -4.29. The van der Waals surface area contributed by atoms with Crippen LogP contribution in [0, 0.1) is 0 Å². The van der Waals surface area contributed by atoms with Crippen molar-refractivity contribution < 1.29 is 13.0 Å². The topological polar surface area (TPSA) is 57.6 Å². The molecule has 0 fully saturated rings. The summed E-state index contributed by atoms with van der Waals surface area (Å²) in [4.78, 5) is 0. The van der Waals surface area contributed by atoms with Crippen LogP contribution >= 0.6 is 23.2 Å². The van der Waals surface area contributed by atoms with Gasteiger partial charge in [-0.2, -0.15) is 8.42 Å². The number of hydrogen-bond acceptors (Lipinski definition) is 2. The van der Waals surface area contributed by atoms with E-state index in [1.165, 1.54) is 0 Å². The van der Waals surface area contributed by atoms with Gasteiger partial charge in [0.15, 0.2) is 0 Å². The molecule has 0 saturated heterocycles. The van der Waals surface area contributed by atoms with E-state index in [-0.39, 0.29) is 6.00 Å². The Kier molecular flexibility index (Phi) is 7.91. The highest BCUT2D eigenvalue weighted by Crippen LogP contribution is 2.17. The number of hydrogen-bond donors (Lipinski definition) is 1. The fraction of sp³-hybridized carbons (Fsp3) is 1.00. The van der Waals surface area contributed by atoms with E-state index in [0.717, 1.165) is 25.7 Å². The first-order valence-corrected chi connectivity index (χ1v) is 7.24. The number of unbranched alkanes of at least 4 members (excludes halogenated alkanes) is 3. The van der Waals surface area contributed by atoms with Crippen molar-refractivity contribution in [3.63, 3.8) is 0 Å². The van der Waals surface area contributed by atoms with E-state index in [9.17, 15) is 8.42 Å². The maximum Gasteiger partial charge on any atom is 0.338 e. The second-order valence-corrected chi connectivity index (χ2v) is 5.38. The van der Waals surface area contributed by atoms with Gasteiger partial charge in [0.1, 0.15) is 5.50 Å². The van der Waals surface area contributed by atoms with Gasteiger partial charge in [0, 0.05) is 0 Å². The summed E-state index contributed by atoms with van der Waals surface area (Å²) >= 11 is 11.2. The molecule has 0 aliphatic carbocycles. The molecule has 0 aromatic carbocycles. The van der Waals surface area contributed by atoms with E-state index in [1.807, 2.05) is 0 Å². The van der Waals surface area contributed by atoms with Crippen LogP contribution in [0.4, 0.5) is 0 Å². The van der Waals surface area contributed by atoms with Crippen molar-refractivity contribution in [2.45, 2.75) is 44.5 Å². The molecule has 92 valence electrons. The molecular formula is C8H17Cl2NO3S. The molecule has 7 heteroatoms. The SMILES string of the molecule is CCCCCCC(Cl)N(CCl)S(=O)(=O)O. The Balaban J connectivity index is 4.01. The van der Waals surface area contributed by atoms with E-state index >= 15 is 0 Å². The molecule has 0 spiro atoms. The molecule has 0 bridgehead atoms. The quantitative estimate of drug-likeness (QED) is 0.321. The van der Waals surface area contributed by atoms with Crippen LogP contribution in [-0.2, 0) is 10.3 Å². The average molecular weight is 278 g/mol. The Morgan fingerprint density at radius 3 is 2.33 bits per heavy atom. The van der Waals surface area contributed by atoms with Crippen molar-refractivity contribution in [3.05, 3.63) is 0 Å². The predicted octanol–water partition coefficient (Wildman–Crippen LogP) is 2.82. The second kappa shape index (κ2) is 7.68. The first-order chi connectivity index (χ1) is 6.93. The summed E-state index contributed by atoms with van der Waals surface area (Å²) < 4.78 is 31.1. The van der Waals surface area contributed by atoms with E-state index in [1.54, 1.807) is 0 Å².